The van der Waals surface area contributed by atoms with Gasteiger partial charge >= 0.3 is 0 Å². The zero-order valence-corrected chi connectivity index (χ0v) is 12.8. The molecule has 4 nitrogen and oxygen atoms in total. The van der Waals surface area contributed by atoms with E-state index in [0.717, 1.165) is 12.1 Å². The van der Waals surface area contributed by atoms with Gasteiger partial charge in [0.15, 0.2) is 0 Å². The Bertz CT molecular complexity index is 478. The van der Waals surface area contributed by atoms with Crippen molar-refractivity contribution in [2.75, 3.05) is 19.6 Å². The zero-order valence-electron chi connectivity index (χ0n) is 10.4. The first-order chi connectivity index (χ1) is 7.99. The van der Waals surface area contributed by atoms with E-state index in [1.165, 1.54) is 6.07 Å². The molecule has 0 aromatic heterocycles. The van der Waals surface area contributed by atoms with Crippen molar-refractivity contribution < 1.29 is 8.42 Å². The minimum Gasteiger partial charge on any atom is -0.316 e. The second kappa shape index (κ2) is 7.96. The molecule has 2 N–H and O–H groups in total. The van der Waals surface area contributed by atoms with Gasteiger partial charge in [-0.15, -0.1) is 12.4 Å². The van der Waals surface area contributed by atoms with Crippen molar-refractivity contribution in [1.29, 1.82) is 0 Å². The van der Waals surface area contributed by atoms with Crippen molar-refractivity contribution in [2.24, 2.45) is 0 Å². The van der Waals surface area contributed by atoms with Crippen molar-refractivity contribution in [3.8, 4) is 0 Å². The molecule has 0 aliphatic carbocycles. The molecular weight excluding hydrogens is 295 g/mol. The minimum absolute atomic E-state index is 0. The van der Waals surface area contributed by atoms with Crippen molar-refractivity contribution >= 4 is 34.0 Å². The number of aryl methyl sites for hydroxylation is 1. The van der Waals surface area contributed by atoms with Crippen LogP contribution in [0.1, 0.15) is 12.5 Å². The molecule has 18 heavy (non-hydrogen) atoms. The standard InChI is InChI=1S/C11H17ClN2O2S.ClH/c1-3-13-7-8-14-17(15,16)10-6-4-5-9(2)11(10)12;/h4-6,13-14H,3,7-8H2,1-2H3;1H. The van der Waals surface area contributed by atoms with Crippen molar-refractivity contribution in [3.63, 3.8) is 0 Å². The first kappa shape index (κ1) is 17.7. The van der Waals surface area contributed by atoms with Gasteiger partial charge in [0.25, 0.3) is 0 Å². The van der Waals surface area contributed by atoms with E-state index in [4.69, 9.17) is 11.6 Å². The van der Waals surface area contributed by atoms with Crippen molar-refractivity contribution in [2.45, 2.75) is 18.7 Å². The lowest BCUT2D eigenvalue weighted by atomic mass is 10.2. The van der Waals surface area contributed by atoms with Gasteiger partial charge in [0.05, 0.1) is 5.02 Å². The van der Waals surface area contributed by atoms with Crippen molar-refractivity contribution in [3.05, 3.63) is 28.8 Å². The Labute approximate surface area is 120 Å². The smallest absolute Gasteiger partial charge is 0.242 e. The van der Waals surface area contributed by atoms with E-state index in [0.29, 0.717) is 13.1 Å². The highest BCUT2D eigenvalue weighted by Crippen LogP contribution is 2.24. The topological polar surface area (TPSA) is 58.2 Å². The minimum atomic E-state index is -3.52. The fourth-order valence-corrected chi connectivity index (χ4v) is 2.97. The van der Waals surface area contributed by atoms with Gasteiger partial charge in [-0.1, -0.05) is 30.7 Å². The SMILES string of the molecule is CCNCCNS(=O)(=O)c1cccc(C)c1Cl.Cl. The number of sulfonamides is 1. The van der Waals surface area contributed by atoms with Crippen LogP contribution in [0.3, 0.4) is 0 Å². The molecule has 0 saturated heterocycles. The lowest BCUT2D eigenvalue weighted by molar-refractivity contribution is 0.577. The van der Waals surface area contributed by atoms with Crippen LogP contribution in [0.4, 0.5) is 0 Å². The van der Waals surface area contributed by atoms with Crippen LogP contribution in [0.2, 0.25) is 5.02 Å². The molecule has 0 saturated carbocycles. The predicted octanol–water partition coefficient (Wildman–Crippen LogP) is 1.96. The monoisotopic (exact) mass is 312 g/mol. The van der Waals surface area contributed by atoms with Gasteiger partial charge in [-0.2, -0.15) is 0 Å². The maximum atomic E-state index is 11.9. The van der Waals surface area contributed by atoms with E-state index in [2.05, 4.69) is 10.0 Å². The second-order valence-corrected chi connectivity index (χ2v) is 5.75. The third-order valence-electron chi connectivity index (χ3n) is 2.29. The number of hydrogen-bond donors (Lipinski definition) is 2. The normalized spacial score (nSPS) is 11.1. The molecular formula is C11H18Cl2N2O2S. The third-order valence-corrected chi connectivity index (χ3v) is 4.41. The van der Waals surface area contributed by atoms with E-state index in [1.54, 1.807) is 19.1 Å². The summed E-state index contributed by atoms with van der Waals surface area (Å²) in [6.07, 6.45) is 0. The molecule has 0 amide bonds. The van der Waals surface area contributed by atoms with E-state index < -0.39 is 10.0 Å². The third kappa shape index (κ3) is 4.74. The van der Waals surface area contributed by atoms with E-state index in [9.17, 15) is 8.42 Å². The lowest BCUT2D eigenvalue weighted by Gasteiger charge is -2.09. The molecule has 1 rings (SSSR count). The summed E-state index contributed by atoms with van der Waals surface area (Å²) in [5.74, 6) is 0. The van der Waals surface area contributed by atoms with Crippen LogP contribution < -0.4 is 10.0 Å². The lowest BCUT2D eigenvalue weighted by Crippen LogP contribution is -2.32. The van der Waals surface area contributed by atoms with Gasteiger partial charge in [0.1, 0.15) is 4.90 Å². The summed E-state index contributed by atoms with van der Waals surface area (Å²) in [4.78, 5) is 0.135. The van der Waals surface area contributed by atoms with Crippen LogP contribution in [-0.2, 0) is 10.0 Å². The van der Waals surface area contributed by atoms with Gasteiger partial charge in [0, 0.05) is 13.1 Å². The number of halogens is 2. The van der Waals surface area contributed by atoms with E-state index in [1.807, 2.05) is 6.92 Å². The Morgan fingerprint density at radius 2 is 1.94 bits per heavy atom. The summed E-state index contributed by atoms with van der Waals surface area (Å²) in [7, 11) is -3.52. The van der Waals surface area contributed by atoms with Gasteiger partial charge in [-0.3, -0.25) is 0 Å². The number of benzene rings is 1. The first-order valence-corrected chi connectivity index (χ1v) is 7.30. The Morgan fingerprint density at radius 3 is 2.56 bits per heavy atom. The number of likely N-dealkylation sites (N-methyl/N-ethyl adjacent to an activating group) is 1. The molecule has 104 valence electrons. The Kier molecular flexibility index (Phi) is 7.82. The van der Waals surface area contributed by atoms with Gasteiger partial charge < -0.3 is 5.32 Å². The predicted molar refractivity (Wildman–Crippen MR) is 77.2 cm³/mol. The van der Waals surface area contributed by atoms with Gasteiger partial charge in [-0.05, 0) is 25.1 Å². The Hall–Kier alpha value is -0.330. The highest BCUT2D eigenvalue weighted by Gasteiger charge is 2.17. The van der Waals surface area contributed by atoms with Crippen LogP contribution in [-0.4, -0.2) is 28.1 Å². The summed E-state index contributed by atoms with van der Waals surface area (Å²) in [6, 6.07) is 4.96. The summed E-state index contributed by atoms with van der Waals surface area (Å²) in [5.41, 5.74) is 0.751. The summed E-state index contributed by atoms with van der Waals surface area (Å²) < 4.78 is 26.4. The molecule has 0 aliphatic heterocycles. The quantitative estimate of drug-likeness (QED) is 0.789. The fraction of sp³-hybridized carbons (Fsp3) is 0.455. The molecule has 1 aromatic carbocycles. The largest absolute Gasteiger partial charge is 0.316 e. The molecule has 0 heterocycles. The average molecular weight is 313 g/mol. The summed E-state index contributed by atoms with van der Waals surface area (Å²) in [6.45, 7) is 5.50. The van der Waals surface area contributed by atoms with E-state index in [-0.39, 0.29) is 22.3 Å². The highest BCUT2D eigenvalue weighted by molar-refractivity contribution is 7.89. The molecule has 0 unspecified atom stereocenters. The van der Waals surface area contributed by atoms with Gasteiger partial charge in [-0.25, -0.2) is 13.1 Å². The number of rotatable bonds is 6. The van der Waals surface area contributed by atoms with Crippen molar-refractivity contribution in [1.82, 2.24) is 10.0 Å². The van der Waals surface area contributed by atoms with Crippen LogP contribution in [0, 0.1) is 6.92 Å². The fourth-order valence-electron chi connectivity index (χ4n) is 1.36. The van der Waals surface area contributed by atoms with Crippen LogP contribution in [0.25, 0.3) is 0 Å². The molecule has 0 spiro atoms. The molecule has 0 radical (unpaired) electrons. The summed E-state index contributed by atoms with van der Waals surface area (Å²) in [5, 5.41) is 3.32. The molecule has 1 aromatic rings. The zero-order chi connectivity index (χ0) is 12.9. The molecule has 0 fully saturated rings. The number of nitrogens with one attached hydrogen (secondary N) is 2. The van der Waals surface area contributed by atoms with Crippen LogP contribution >= 0.6 is 24.0 Å². The maximum absolute atomic E-state index is 11.9. The first-order valence-electron chi connectivity index (χ1n) is 5.44. The van der Waals surface area contributed by atoms with E-state index >= 15 is 0 Å². The molecule has 0 aliphatic rings. The Balaban J connectivity index is 0.00000289. The molecule has 7 heteroatoms. The molecule has 0 atom stereocenters. The number of hydrogen-bond acceptors (Lipinski definition) is 3. The van der Waals surface area contributed by atoms with Crippen LogP contribution in [0.15, 0.2) is 23.1 Å². The Morgan fingerprint density at radius 1 is 1.28 bits per heavy atom. The average Bonchev–Trinajstić information content (AvgIpc) is 2.28. The summed E-state index contributed by atoms with van der Waals surface area (Å²) >= 11 is 5.98. The van der Waals surface area contributed by atoms with Crippen LogP contribution in [0.5, 0.6) is 0 Å². The van der Waals surface area contributed by atoms with Gasteiger partial charge in [0.2, 0.25) is 10.0 Å². The highest BCUT2D eigenvalue weighted by atomic mass is 35.5. The maximum Gasteiger partial charge on any atom is 0.242 e. The molecule has 0 bridgehead atoms. The second-order valence-electron chi connectivity index (χ2n) is 3.64.